The van der Waals surface area contributed by atoms with E-state index in [9.17, 15) is 9.90 Å². The molecule has 1 fully saturated rings. The molecule has 1 aliphatic heterocycles. The van der Waals surface area contributed by atoms with Gasteiger partial charge in [-0.1, -0.05) is 13.0 Å². The third kappa shape index (κ3) is 3.61. The Bertz CT molecular complexity index is 1390. The molecule has 174 valence electrons. The van der Waals surface area contributed by atoms with E-state index >= 15 is 0 Å². The lowest BCUT2D eigenvalue weighted by Crippen LogP contribution is -2.35. The second kappa shape index (κ2) is 8.23. The number of fused-ring (bicyclic) bond motifs is 4. The number of rotatable bonds is 3. The first-order chi connectivity index (χ1) is 16.6. The highest BCUT2D eigenvalue weighted by Crippen LogP contribution is 2.38. The fraction of sp³-hybridized carbons (Fsp3) is 0.400. The Kier molecular flexibility index (Phi) is 5.04. The fourth-order valence-electron chi connectivity index (χ4n) is 5.36. The molecule has 34 heavy (non-hydrogen) atoms. The minimum atomic E-state index is -0.896. The molecule has 9 heteroatoms. The SMILES string of the molecule is C[C@H]1CC[C@H](n2c3cnccc3c3cnc(Nc4ccc5c(n4)CCN(C(=O)O)C5)nc32)CC1. The van der Waals surface area contributed by atoms with E-state index in [1.165, 1.54) is 17.7 Å². The maximum absolute atomic E-state index is 11.3. The lowest BCUT2D eigenvalue weighted by molar-refractivity contribution is 0.139. The summed E-state index contributed by atoms with van der Waals surface area (Å²) >= 11 is 0. The van der Waals surface area contributed by atoms with Crippen molar-refractivity contribution in [2.75, 3.05) is 11.9 Å². The number of anilines is 2. The number of nitrogens with zero attached hydrogens (tertiary/aromatic N) is 6. The minimum absolute atomic E-state index is 0.370. The van der Waals surface area contributed by atoms with Gasteiger partial charge in [-0.3, -0.25) is 4.98 Å². The summed E-state index contributed by atoms with van der Waals surface area (Å²) in [5.41, 5.74) is 3.89. The van der Waals surface area contributed by atoms with Crippen LogP contribution in [0.2, 0.25) is 0 Å². The summed E-state index contributed by atoms with van der Waals surface area (Å²) < 4.78 is 2.36. The van der Waals surface area contributed by atoms with E-state index in [2.05, 4.69) is 26.8 Å². The van der Waals surface area contributed by atoms with E-state index in [1.807, 2.05) is 36.8 Å². The van der Waals surface area contributed by atoms with Gasteiger partial charge in [-0.05, 0) is 49.3 Å². The summed E-state index contributed by atoms with van der Waals surface area (Å²) in [6.45, 7) is 3.16. The second-order valence-corrected chi connectivity index (χ2v) is 9.49. The van der Waals surface area contributed by atoms with Crippen LogP contribution in [0.4, 0.5) is 16.6 Å². The molecule has 0 radical (unpaired) electrons. The summed E-state index contributed by atoms with van der Waals surface area (Å²) in [7, 11) is 0. The number of aromatic nitrogens is 5. The van der Waals surface area contributed by atoms with Gasteiger partial charge < -0.3 is 19.9 Å². The number of nitrogens with one attached hydrogen (secondary N) is 1. The van der Waals surface area contributed by atoms with Crippen molar-refractivity contribution < 1.29 is 9.90 Å². The predicted octanol–water partition coefficient (Wildman–Crippen LogP) is 4.91. The summed E-state index contributed by atoms with van der Waals surface area (Å²) in [5.74, 6) is 1.94. The van der Waals surface area contributed by atoms with E-state index in [4.69, 9.17) is 9.97 Å². The maximum atomic E-state index is 11.3. The van der Waals surface area contributed by atoms with Crippen molar-refractivity contribution in [2.24, 2.45) is 5.92 Å². The number of hydrogen-bond donors (Lipinski definition) is 2. The van der Waals surface area contributed by atoms with Gasteiger partial charge in [-0.25, -0.2) is 14.8 Å². The standard InChI is InChI=1S/C25H27N7O2/c1-15-2-5-17(6-3-15)32-21-13-26-10-8-18(21)19-12-27-24(30-23(19)32)29-22-7-4-16-14-31(25(33)34)11-9-20(16)28-22/h4,7-8,10,12-13,15,17H,2-3,5-6,9,11,14H2,1H3,(H,33,34)(H,27,28,29,30)/t15-,17-. The molecule has 0 bridgehead atoms. The van der Waals surface area contributed by atoms with Gasteiger partial charge in [-0.2, -0.15) is 4.98 Å². The third-order valence-corrected chi connectivity index (χ3v) is 7.26. The molecule has 0 atom stereocenters. The molecule has 0 unspecified atom stereocenters. The molecule has 4 aromatic heterocycles. The minimum Gasteiger partial charge on any atom is -0.465 e. The molecule has 0 spiro atoms. The van der Waals surface area contributed by atoms with Crippen LogP contribution >= 0.6 is 0 Å². The summed E-state index contributed by atoms with van der Waals surface area (Å²) in [4.78, 5) is 31.3. The van der Waals surface area contributed by atoms with Crippen molar-refractivity contribution in [2.45, 2.75) is 51.6 Å². The van der Waals surface area contributed by atoms with Crippen LogP contribution in [0.1, 0.15) is 49.9 Å². The Morgan fingerprint density at radius 3 is 2.76 bits per heavy atom. The number of carbonyl (C=O) groups is 1. The second-order valence-electron chi connectivity index (χ2n) is 9.49. The topological polar surface area (TPSA) is 109 Å². The van der Waals surface area contributed by atoms with Crippen molar-refractivity contribution in [3.8, 4) is 0 Å². The first kappa shape index (κ1) is 20.8. The predicted molar refractivity (Wildman–Crippen MR) is 129 cm³/mol. The molecular formula is C25H27N7O2. The van der Waals surface area contributed by atoms with Crippen LogP contribution in [-0.2, 0) is 13.0 Å². The highest BCUT2D eigenvalue weighted by molar-refractivity contribution is 6.06. The van der Waals surface area contributed by atoms with Gasteiger partial charge in [0.2, 0.25) is 5.95 Å². The van der Waals surface area contributed by atoms with Crippen LogP contribution in [-0.4, -0.2) is 47.1 Å². The van der Waals surface area contributed by atoms with E-state index < -0.39 is 6.09 Å². The summed E-state index contributed by atoms with van der Waals surface area (Å²) in [6, 6.07) is 6.24. The molecular weight excluding hydrogens is 430 g/mol. The lowest BCUT2D eigenvalue weighted by Gasteiger charge is -2.28. The number of hydrogen-bond acceptors (Lipinski definition) is 6. The van der Waals surface area contributed by atoms with Crippen molar-refractivity contribution in [1.82, 2.24) is 29.4 Å². The molecule has 9 nitrogen and oxygen atoms in total. The zero-order valence-electron chi connectivity index (χ0n) is 19.1. The Hall–Kier alpha value is -3.75. The lowest BCUT2D eigenvalue weighted by atomic mass is 9.87. The molecule has 2 N–H and O–H groups in total. The van der Waals surface area contributed by atoms with Gasteiger partial charge in [0, 0.05) is 47.9 Å². The Morgan fingerprint density at radius 2 is 1.94 bits per heavy atom. The van der Waals surface area contributed by atoms with E-state index in [0.29, 0.717) is 37.3 Å². The molecule has 0 saturated heterocycles. The van der Waals surface area contributed by atoms with Gasteiger partial charge in [0.25, 0.3) is 0 Å². The van der Waals surface area contributed by atoms with Gasteiger partial charge in [0.05, 0.1) is 18.3 Å². The third-order valence-electron chi connectivity index (χ3n) is 7.26. The van der Waals surface area contributed by atoms with E-state index in [0.717, 1.165) is 52.0 Å². The molecule has 1 aliphatic carbocycles. The summed E-state index contributed by atoms with van der Waals surface area (Å²) in [5, 5.41) is 14.7. The largest absolute Gasteiger partial charge is 0.465 e. The quantitative estimate of drug-likeness (QED) is 0.450. The van der Waals surface area contributed by atoms with Gasteiger partial charge in [0.15, 0.2) is 0 Å². The van der Waals surface area contributed by atoms with Crippen LogP contribution in [0.25, 0.3) is 21.9 Å². The van der Waals surface area contributed by atoms with E-state index in [-0.39, 0.29) is 0 Å². The molecule has 1 amide bonds. The number of amides is 1. The Labute approximate surface area is 196 Å². The fourth-order valence-corrected chi connectivity index (χ4v) is 5.36. The highest BCUT2D eigenvalue weighted by atomic mass is 16.4. The summed E-state index contributed by atoms with van der Waals surface area (Å²) in [6.07, 6.45) is 10.1. The van der Waals surface area contributed by atoms with E-state index in [1.54, 1.807) is 0 Å². The maximum Gasteiger partial charge on any atom is 0.407 e. The number of carboxylic acid groups (broad SMARTS) is 1. The van der Waals surface area contributed by atoms with Crippen molar-refractivity contribution in [3.63, 3.8) is 0 Å². The van der Waals surface area contributed by atoms with Crippen LogP contribution in [0, 0.1) is 5.92 Å². The van der Waals surface area contributed by atoms with Gasteiger partial charge in [-0.15, -0.1) is 0 Å². The van der Waals surface area contributed by atoms with Gasteiger partial charge in [0.1, 0.15) is 11.5 Å². The van der Waals surface area contributed by atoms with Crippen LogP contribution in [0.15, 0.2) is 36.8 Å². The van der Waals surface area contributed by atoms with Gasteiger partial charge >= 0.3 is 6.09 Å². The molecule has 0 aromatic carbocycles. The Balaban J connectivity index is 1.35. The average molecular weight is 458 g/mol. The first-order valence-electron chi connectivity index (χ1n) is 11.9. The van der Waals surface area contributed by atoms with Crippen molar-refractivity contribution in [1.29, 1.82) is 0 Å². The first-order valence-corrected chi connectivity index (χ1v) is 11.9. The monoisotopic (exact) mass is 457 g/mol. The normalized spacial score (nSPS) is 20.4. The molecule has 4 aromatic rings. The Morgan fingerprint density at radius 1 is 1.09 bits per heavy atom. The zero-order valence-corrected chi connectivity index (χ0v) is 19.1. The van der Waals surface area contributed by atoms with Crippen molar-refractivity contribution in [3.05, 3.63) is 48.0 Å². The highest BCUT2D eigenvalue weighted by Gasteiger charge is 2.25. The molecule has 2 aliphatic rings. The average Bonchev–Trinajstić information content (AvgIpc) is 3.18. The smallest absolute Gasteiger partial charge is 0.407 e. The molecule has 1 saturated carbocycles. The van der Waals surface area contributed by atoms with Crippen LogP contribution < -0.4 is 5.32 Å². The number of pyridine rings is 2. The zero-order chi connectivity index (χ0) is 23.2. The van der Waals surface area contributed by atoms with Crippen LogP contribution in [0.3, 0.4) is 0 Å². The molecule has 6 rings (SSSR count). The van der Waals surface area contributed by atoms with Crippen molar-refractivity contribution >= 4 is 39.8 Å². The molecule has 5 heterocycles. The van der Waals surface area contributed by atoms with Crippen LogP contribution in [0.5, 0.6) is 0 Å².